The summed E-state index contributed by atoms with van der Waals surface area (Å²) in [5, 5.41) is 2.73. The maximum atomic E-state index is 12.8. The van der Waals surface area contributed by atoms with E-state index in [0.717, 1.165) is 0 Å². The normalized spacial score (nSPS) is 10.9. The SMILES string of the molecule is CCOC(=O)c1cccc(NC(=O)c2cccc(NS(=O)(=O)c3ccccc3)c2C)c1. The molecule has 3 aromatic rings. The third-order valence-corrected chi connectivity index (χ3v) is 5.89. The summed E-state index contributed by atoms with van der Waals surface area (Å²) in [6, 6.07) is 19.2. The van der Waals surface area contributed by atoms with Gasteiger partial charge in [-0.25, -0.2) is 13.2 Å². The maximum Gasteiger partial charge on any atom is 0.338 e. The maximum absolute atomic E-state index is 12.8. The van der Waals surface area contributed by atoms with E-state index in [4.69, 9.17) is 4.74 Å². The molecule has 0 heterocycles. The molecular formula is C23H22N2O5S. The van der Waals surface area contributed by atoms with Gasteiger partial charge in [-0.15, -0.1) is 0 Å². The first-order valence-electron chi connectivity index (χ1n) is 9.58. The predicted molar refractivity (Wildman–Crippen MR) is 119 cm³/mol. The fourth-order valence-electron chi connectivity index (χ4n) is 2.93. The Bertz CT molecular complexity index is 1210. The minimum Gasteiger partial charge on any atom is -0.462 e. The van der Waals surface area contributed by atoms with E-state index in [9.17, 15) is 18.0 Å². The highest BCUT2D eigenvalue weighted by molar-refractivity contribution is 7.92. The van der Waals surface area contributed by atoms with Crippen LogP contribution >= 0.6 is 0 Å². The van der Waals surface area contributed by atoms with Gasteiger partial charge in [0.1, 0.15) is 0 Å². The van der Waals surface area contributed by atoms with Crippen molar-refractivity contribution in [3.05, 3.63) is 89.5 Å². The average molecular weight is 439 g/mol. The van der Waals surface area contributed by atoms with Gasteiger partial charge in [0, 0.05) is 11.3 Å². The molecule has 7 nitrogen and oxygen atoms in total. The first-order valence-corrected chi connectivity index (χ1v) is 11.1. The molecular weight excluding hydrogens is 416 g/mol. The molecule has 3 rings (SSSR count). The van der Waals surface area contributed by atoms with E-state index in [1.165, 1.54) is 18.2 Å². The van der Waals surface area contributed by atoms with Crippen LogP contribution in [-0.2, 0) is 14.8 Å². The zero-order chi connectivity index (χ0) is 22.4. The third kappa shape index (κ3) is 5.29. The molecule has 0 aliphatic heterocycles. The second-order valence-corrected chi connectivity index (χ2v) is 8.33. The molecule has 2 N–H and O–H groups in total. The minimum absolute atomic E-state index is 0.125. The zero-order valence-electron chi connectivity index (χ0n) is 17.1. The van der Waals surface area contributed by atoms with Crippen molar-refractivity contribution >= 4 is 33.3 Å². The number of ether oxygens (including phenoxy) is 1. The topological polar surface area (TPSA) is 102 Å². The molecule has 0 aliphatic rings. The molecule has 1 amide bonds. The molecule has 0 atom stereocenters. The summed E-state index contributed by atoms with van der Waals surface area (Å²) in [6.07, 6.45) is 0. The summed E-state index contributed by atoms with van der Waals surface area (Å²) in [6.45, 7) is 3.62. The van der Waals surface area contributed by atoms with Crippen molar-refractivity contribution in [3.63, 3.8) is 0 Å². The summed E-state index contributed by atoms with van der Waals surface area (Å²) in [5.74, 6) is -0.911. The number of sulfonamides is 1. The highest BCUT2D eigenvalue weighted by Crippen LogP contribution is 2.23. The summed E-state index contributed by atoms with van der Waals surface area (Å²) in [4.78, 5) is 24.9. The third-order valence-electron chi connectivity index (χ3n) is 4.51. The Morgan fingerprint density at radius 3 is 2.35 bits per heavy atom. The van der Waals surface area contributed by atoms with Gasteiger partial charge in [0.15, 0.2) is 0 Å². The molecule has 0 spiro atoms. The lowest BCUT2D eigenvalue weighted by Gasteiger charge is -2.14. The molecule has 0 aliphatic carbocycles. The Hall–Kier alpha value is -3.65. The lowest BCUT2D eigenvalue weighted by molar-refractivity contribution is 0.0526. The first-order chi connectivity index (χ1) is 14.8. The quantitative estimate of drug-likeness (QED) is 0.538. The zero-order valence-corrected chi connectivity index (χ0v) is 17.9. The standard InChI is InChI=1S/C23H22N2O5S/c1-3-30-23(27)17-9-7-10-18(15-17)24-22(26)20-13-8-14-21(16(20)2)25-31(28,29)19-11-5-4-6-12-19/h4-15,25H,3H2,1-2H3,(H,24,26). The van der Waals surface area contributed by atoms with Crippen molar-refractivity contribution in [3.8, 4) is 0 Å². The highest BCUT2D eigenvalue weighted by atomic mass is 32.2. The number of benzene rings is 3. The van der Waals surface area contributed by atoms with Gasteiger partial charge in [0.2, 0.25) is 0 Å². The summed E-state index contributed by atoms with van der Waals surface area (Å²) >= 11 is 0. The van der Waals surface area contributed by atoms with E-state index in [0.29, 0.717) is 28.1 Å². The van der Waals surface area contributed by atoms with Crippen LogP contribution in [0.15, 0.2) is 77.7 Å². The number of hydrogen-bond donors (Lipinski definition) is 2. The van der Waals surface area contributed by atoms with Crippen LogP contribution in [0.3, 0.4) is 0 Å². The van der Waals surface area contributed by atoms with Crippen LogP contribution in [0.2, 0.25) is 0 Å². The van der Waals surface area contributed by atoms with Crippen molar-refractivity contribution in [2.45, 2.75) is 18.7 Å². The van der Waals surface area contributed by atoms with Crippen molar-refractivity contribution in [2.75, 3.05) is 16.6 Å². The minimum atomic E-state index is -3.79. The van der Waals surface area contributed by atoms with Crippen LogP contribution < -0.4 is 10.0 Å². The predicted octanol–water partition coefficient (Wildman–Crippen LogP) is 4.22. The lowest BCUT2D eigenvalue weighted by atomic mass is 10.1. The number of esters is 1. The van der Waals surface area contributed by atoms with Crippen LogP contribution in [0.25, 0.3) is 0 Å². The molecule has 0 saturated heterocycles. The second-order valence-electron chi connectivity index (χ2n) is 6.65. The summed E-state index contributed by atoms with van der Waals surface area (Å²) in [5.41, 5.74) is 1.82. The Balaban J connectivity index is 1.82. The summed E-state index contributed by atoms with van der Waals surface area (Å²) < 4.78 is 32.8. The van der Waals surface area contributed by atoms with E-state index in [2.05, 4.69) is 10.0 Å². The molecule has 0 fully saturated rings. The molecule has 0 bridgehead atoms. The molecule has 0 aromatic heterocycles. The fourth-order valence-corrected chi connectivity index (χ4v) is 4.08. The monoisotopic (exact) mass is 438 g/mol. The van der Waals surface area contributed by atoms with E-state index in [-0.39, 0.29) is 11.5 Å². The van der Waals surface area contributed by atoms with Gasteiger partial charge >= 0.3 is 5.97 Å². The number of rotatable bonds is 7. The van der Waals surface area contributed by atoms with Crippen molar-refractivity contribution in [1.29, 1.82) is 0 Å². The number of carbonyl (C=O) groups excluding carboxylic acids is 2. The average Bonchev–Trinajstić information content (AvgIpc) is 2.76. The largest absolute Gasteiger partial charge is 0.462 e. The number of anilines is 2. The van der Waals surface area contributed by atoms with Gasteiger partial charge in [-0.2, -0.15) is 0 Å². The number of nitrogens with one attached hydrogen (secondary N) is 2. The smallest absolute Gasteiger partial charge is 0.338 e. The van der Waals surface area contributed by atoms with Crippen LogP contribution in [0.4, 0.5) is 11.4 Å². The van der Waals surface area contributed by atoms with Crippen LogP contribution in [0.5, 0.6) is 0 Å². The van der Waals surface area contributed by atoms with Crippen molar-refractivity contribution < 1.29 is 22.7 Å². The number of amides is 1. The van der Waals surface area contributed by atoms with Crippen LogP contribution in [0, 0.1) is 6.92 Å². The van der Waals surface area contributed by atoms with E-state index < -0.39 is 21.9 Å². The van der Waals surface area contributed by atoms with Gasteiger partial charge in [0.25, 0.3) is 15.9 Å². The van der Waals surface area contributed by atoms with E-state index in [1.807, 2.05) is 0 Å². The van der Waals surface area contributed by atoms with Crippen molar-refractivity contribution in [1.82, 2.24) is 0 Å². The molecule has 0 unspecified atom stereocenters. The second kappa shape index (κ2) is 9.44. The Morgan fingerprint density at radius 2 is 1.65 bits per heavy atom. The Kier molecular flexibility index (Phi) is 6.71. The number of hydrogen-bond acceptors (Lipinski definition) is 5. The lowest BCUT2D eigenvalue weighted by Crippen LogP contribution is -2.17. The summed E-state index contributed by atoms with van der Waals surface area (Å²) in [7, 11) is -3.79. The van der Waals surface area contributed by atoms with Gasteiger partial charge in [0.05, 0.1) is 22.8 Å². The van der Waals surface area contributed by atoms with Crippen molar-refractivity contribution in [2.24, 2.45) is 0 Å². The van der Waals surface area contributed by atoms with E-state index in [1.54, 1.807) is 68.4 Å². The van der Waals surface area contributed by atoms with E-state index >= 15 is 0 Å². The van der Waals surface area contributed by atoms with Crippen LogP contribution in [-0.4, -0.2) is 26.9 Å². The van der Waals surface area contributed by atoms with Gasteiger partial charge in [-0.3, -0.25) is 9.52 Å². The van der Waals surface area contributed by atoms with Gasteiger partial charge in [-0.05, 0) is 61.9 Å². The molecule has 3 aromatic carbocycles. The molecule has 31 heavy (non-hydrogen) atoms. The number of carbonyl (C=O) groups is 2. The molecule has 0 radical (unpaired) electrons. The van der Waals surface area contributed by atoms with Gasteiger partial charge in [-0.1, -0.05) is 30.3 Å². The van der Waals surface area contributed by atoms with Crippen LogP contribution in [0.1, 0.15) is 33.2 Å². The fraction of sp³-hybridized carbons (Fsp3) is 0.130. The van der Waals surface area contributed by atoms with Gasteiger partial charge < -0.3 is 10.1 Å². The molecule has 0 saturated carbocycles. The Morgan fingerprint density at radius 1 is 0.935 bits per heavy atom. The molecule has 160 valence electrons. The molecule has 8 heteroatoms. The Labute approximate surface area is 181 Å². The highest BCUT2D eigenvalue weighted by Gasteiger charge is 2.18. The first kappa shape index (κ1) is 22.0.